The van der Waals surface area contributed by atoms with Gasteiger partial charge in [0, 0.05) is 33.1 Å². The van der Waals surface area contributed by atoms with E-state index in [4.69, 9.17) is 11.6 Å². The number of aryl methyl sites for hydroxylation is 1. The first-order chi connectivity index (χ1) is 10.6. The maximum atomic E-state index is 12.2. The summed E-state index contributed by atoms with van der Waals surface area (Å²) in [6.45, 7) is 2.14. The van der Waals surface area contributed by atoms with E-state index in [-0.39, 0.29) is 11.8 Å². The SMILES string of the molecule is Cn1c(C(=O)NCCCN2CCCC2=O)cc2sc(Cl)cc21. The number of hydrogen-bond acceptors (Lipinski definition) is 3. The minimum atomic E-state index is -0.0882. The average Bonchev–Trinajstić information content (AvgIpc) is 3.12. The van der Waals surface area contributed by atoms with Gasteiger partial charge in [-0.1, -0.05) is 11.6 Å². The second-order valence-corrected chi connectivity index (χ2v) is 7.20. The van der Waals surface area contributed by atoms with Crippen LogP contribution in [-0.4, -0.2) is 40.9 Å². The van der Waals surface area contributed by atoms with Gasteiger partial charge in [-0.2, -0.15) is 0 Å². The number of carbonyl (C=O) groups is 2. The van der Waals surface area contributed by atoms with E-state index in [2.05, 4.69) is 5.32 Å². The lowest BCUT2D eigenvalue weighted by Gasteiger charge is -2.15. The highest BCUT2D eigenvalue weighted by Gasteiger charge is 2.19. The molecule has 22 heavy (non-hydrogen) atoms. The molecule has 0 aliphatic carbocycles. The van der Waals surface area contributed by atoms with Crippen LogP contribution in [0.4, 0.5) is 0 Å². The Labute approximate surface area is 137 Å². The van der Waals surface area contributed by atoms with Crippen LogP contribution in [0.5, 0.6) is 0 Å². The summed E-state index contributed by atoms with van der Waals surface area (Å²) in [5, 5.41) is 2.92. The van der Waals surface area contributed by atoms with Gasteiger partial charge in [-0.25, -0.2) is 0 Å². The summed E-state index contributed by atoms with van der Waals surface area (Å²) in [6, 6.07) is 3.74. The summed E-state index contributed by atoms with van der Waals surface area (Å²) >= 11 is 7.45. The van der Waals surface area contributed by atoms with Crippen molar-refractivity contribution >= 4 is 45.0 Å². The Hall–Kier alpha value is -1.53. The summed E-state index contributed by atoms with van der Waals surface area (Å²) in [5.41, 5.74) is 1.61. The molecule has 1 aliphatic heterocycles. The Morgan fingerprint density at radius 1 is 1.45 bits per heavy atom. The molecule has 3 heterocycles. The van der Waals surface area contributed by atoms with E-state index in [1.165, 1.54) is 11.3 Å². The first-order valence-electron chi connectivity index (χ1n) is 7.37. The smallest absolute Gasteiger partial charge is 0.267 e. The first kappa shape index (κ1) is 15.4. The van der Waals surface area contributed by atoms with Gasteiger partial charge in [0.25, 0.3) is 5.91 Å². The standard InChI is InChI=1S/C15H18ClN3O2S/c1-18-10-9-13(16)22-12(10)8-11(18)15(21)17-5-3-7-19-6-2-4-14(19)20/h8-9H,2-7H2,1H3,(H,17,21). The summed E-state index contributed by atoms with van der Waals surface area (Å²) < 4.78 is 3.60. The topological polar surface area (TPSA) is 54.3 Å². The van der Waals surface area contributed by atoms with Crippen molar-refractivity contribution < 1.29 is 9.59 Å². The van der Waals surface area contributed by atoms with Crippen molar-refractivity contribution in [1.29, 1.82) is 0 Å². The number of amides is 2. The van der Waals surface area contributed by atoms with Crippen molar-refractivity contribution in [2.75, 3.05) is 19.6 Å². The normalized spacial score (nSPS) is 15.0. The zero-order valence-electron chi connectivity index (χ0n) is 12.4. The van der Waals surface area contributed by atoms with Crippen LogP contribution in [0, 0.1) is 0 Å². The highest BCUT2D eigenvalue weighted by atomic mass is 35.5. The number of aromatic nitrogens is 1. The first-order valence-corrected chi connectivity index (χ1v) is 8.56. The lowest BCUT2D eigenvalue weighted by atomic mass is 10.3. The fourth-order valence-corrected chi connectivity index (χ4v) is 4.01. The van der Waals surface area contributed by atoms with Crippen molar-refractivity contribution in [3.05, 3.63) is 22.2 Å². The van der Waals surface area contributed by atoms with Crippen molar-refractivity contribution in [2.24, 2.45) is 7.05 Å². The number of fused-ring (bicyclic) bond motifs is 1. The molecule has 1 N–H and O–H groups in total. The molecule has 2 aromatic rings. The molecule has 0 aromatic carbocycles. The molecule has 2 amide bonds. The molecule has 1 fully saturated rings. The van der Waals surface area contributed by atoms with Crippen molar-refractivity contribution in [1.82, 2.24) is 14.8 Å². The van der Waals surface area contributed by atoms with E-state index < -0.39 is 0 Å². The van der Waals surface area contributed by atoms with Crippen molar-refractivity contribution in [2.45, 2.75) is 19.3 Å². The van der Waals surface area contributed by atoms with Crippen LogP contribution < -0.4 is 5.32 Å². The Morgan fingerprint density at radius 3 is 2.95 bits per heavy atom. The molecular weight excluding hydrogens is 322 g/mol. The minimum absolute atomic E-state index is 0.0882. The monoisotopic (exact) mass is 339 g/mol. The third-order valence-electron chi connectivity index (χ3n) is 4.00. The number of halogens is 1. The molecule has 1 saturated heterocycles. The number of nitrogens with zero attached hydrogens (tertiary/aromatic N) is 2. The number of thiophene rings is 1. The van der Waals surface area contributed by atoms with Crippen LogP contribution in [0.1, 0.15) is 29.8 Å². The molecule has 118 valence electrons. The number of rotatable bonds is 5. The Morgan fingerprint density at radius 2 is 2.27 bits per heavy atom. The summed E-state index contributed by atoms with van der Waals surface area (Å²) in [5.74, 6) is 0.139. The second kappa shape index (κ2) is 6.30. The number of carbonyl (C=O) groups excluding carboxylic acids is 2. The second-order valence-electron chi connectivity index (χ2n) is 5.48. The molecule has 1 aliphatic rings. The largest absolute Gasteiger partial charge is 0.351 e. The average molecular weight is 340 g/mol. The number of hydrogen-bond donors (Lipinski definition) is 1. The summed E-state index contributed by atoms with van der Waals surface area (Å²) in [4.78, 5) is 25.6. The summed E-state index contributed by atoms with van der Waals surface area (Å²) in [6.07, 6.45) is 2.39. The third-order valence-corrected chi connectivity index (χ3v) is 5.20. The predicted molar refractivity (Wildman–Crippen MR) is 88.6 cm³/mol. The molecule has 0 saturated carbocycles. The van der Waals surface area contributed by atoms with Crippen molar-refractivity contribution in [3.63, 3.8) is 0 Å². The molecule has 5 nitrogen and oxygen atoms in total. The van der Waals surface area contributed by atoms with E-state index in [0.29, 0.717) is 18.7 Å². The molecule has 0 atom stereocenters. The van der Waals surface area contributed by atoms with Gasteiger partial charge in [-0.05, 0) is 25.0 Å². The van der Waals surface area contributed by atoms with E-state index in [9.17, 15) is 9.59 Å². The quantitative estimate of drug-likeness (QED) is 0.851. The molecule has 0 unspecified atom stereocenters. The minimum Gasteiger partial charge on any atom is -0.351 e. The van der Waals surface area contributed by atoms with Gasteiger partial charge in [-0.15, -0.1) is 11.3 Å². The van der Waals surface area contributed by atoms with E-state index >= 15 is 0 Å². The summed E-state index contributed by atoms with van der Waals surface area (Å²) in [7, 11) is 1.86. The molecule has 0 radical (unpaired) electrons. The molecule has 2 aromatic heterocycles. The van der Waals surface area contributed by atoms with E-state index in [0.717, 1.165) is 40.5 Å². The number of nitrogens with one attached hydrogen (secondary N) is 1. The molecule has 7 heteroatoms. The van der Waals surface area contributed by atoms with Crippen LogP contribution in [0.3, 0.4) is 0 Å². The van der Waals surface area contributed by atoms with Gasteiger partial charge in [0.15, 0.2) is 0 Å². The van der Waals surface area contributed by atoms with Crippen LogP contribution >= 0.6 is 22.9 Å². The Kier molecular flexibility index (Phi) is 4.40. The van der Waals surface area contributed by atoms with Crippen LogP contribution in [0.2, 0.25) is 4.34 Å². The fraction of sp³-hybridized carbons (Fsp3) is 0.467. The van der Waals surface area contributed by atoms with Gasteiger partial charge in [0.05, 0.1) is 14.6 Å². The van der Waals surface area contributed by atoms with Gasteiger partial charge >= 0.3 is 0 Å². The van der Waals surface area contributed by atoms with E-state index in [1.54, 1.807) is 0 Å². The molecule has 0 bridgehead atoms. The van der Waals surface area contributed by atoms with Gasteiger partial charge in [0.2, 0.25) is 5.91 Å². The molecular formula is C15H18ClN3O2S. The molecule has 3 rings (SSSR count). The fourth-order valence-electron chi connectivity index (χ4n) is 2.80. The van der Waals surface area contributed by atoms with Crippen LogP contribution in [0.25, 0.3) is 10.2 Å². The van der Waals surface area contributed by atoms with Crippen LogP contribution in [0.15, 0.2) is 12.1 Å². The highest BCUT2D eigenvalue weighted by Crippen LogP contribution is 2.31. The maximum Gasteiger partial charge on any atom is 0.267 e. The highest BCUT2D eigenvalue weighted by molar-refractivity contribution is 7.22. The van der Waals surface area contributed by atoms with Gasteiger partial charge in [-0.3, -0.25) is 9.59 Å². The number of likely N-dealkylation sites (tertiary alicyclic amines) is 1. The predicted octanol–water partition coefficient (Wildman–Crippen LogP) is 2.64. The third kappa shape index (κ3) is 2.98. The maximum absolute atomic E-state index is 12.2. The van der Waals surface area contributed by atoms with Gasteiger partial charge in [0.1, 0.15) is 5.69 Å². The Bertz CT molecular complexity index is 722. The lowest BCUT2D eigenvalue weighted by molar-refractivity contribution is -0.127. The lowest BCUT2D eigenvalue weighted by Crippen LogP contribution is -2.31. The van der Waals surface area contributed by atoms with Gasteiger partial charge < -0.3 is 14.8 Å². The van der Waals surface area contributed by atoms with Crippen molar-refractivity contribution in [3.8, 4) is 0 Å². The zero-order chi connectivity index (χ0) is 15.7. The van der Waals surface area contributed by atoms with Crippen LogP contribution in [-0.2, 0) is 11.8 Å². The molecule has 0 spiro atoms. The van der Waals surface area contributed by atoms with E-state index in [1.807, 2.05) is 28.6 Å². The Balaban J connectivity index is 1.53. The zero-order valence-corrected chi connectivity index (χ0v) is 14.0.